The van der Waals surface area contributed by atoms with Gasteiger partial charge in [0.2, 0.25) is 0 Å². The fraction of sp³-hybridized carbons (Fsp3) is 0.533. The number of hydrogen-bond acceptors (Lipinski definition) is 4. The minimum atomic E-state index is 0.0279. The van der Waals surface area contributed by atoms with Gasteiger partial charge < -0.3 is 14.8 Å². The van der Waals surface area contributed by atoms with Crippen molar-refractivity contribution >= 4 is 17.8 Å². The molecule has 0 saturated carbocycles. The van der Waals surface area contributed by atoms with Crippen molar-refractivity contribution in [2.24, 2.45) is 7.05 Å². The van der Waals surface area contributed by atoms with Gasteiger partial charge in [-0.1, -0.05) is 11.8 Å². The summed E-state index contributed by atoms with van der Waals surface area (Å²) in [4.78, 5) is 18.6. The van der Waals surface area contributed by atoms with Gasteiger partial charge in [-0.2, -0.15) is 5.10 Å². The first-order valence-corrected chi connectivity index (χ1v) is 8.84. The van der Waals surface area contributed by atoms with Gasteiger partial charge in [-0.15, -0.1) is 0 Å². The largest absolute Gasteiger partial charge is 0.337 e. The Labute approximate surface area is 140 Å². The normalized spacial score (nSPS) is 17.6. The number of imidazole rings is 1. The Balaban J connectivity index is 1.43. The first-order valence-electron chi connectivity index (χ1n) is 7.86. The van der Waals surface area contributed by atoms with Gasteiger partial charge in [-0.05, 0) is 18.9 Å². The van der Waals surface area contributed by atoms with Crippen LogP contribution in [0.15, 0.2) is 36.0 Å². The summed E-state index contributed by atoms with van der Waals surface area (Å²) < 4.78 is 3.88. The van der Waals surface area contributed by atoms with Crippen molar-refractivity contribution in [1.29, 1.82) is 0 Å². The minimum Gasteiger partial charge on any atom is -0.337 e. The van der Waals surface area contributed by atoms with Gasteiger partial charge in [0, 0.05) is 50.7 Å². The predicted octanol–water partition coefficient (Wildman–Crippen LogP) is 1.58. The molecule has 0 aliphatic carbocycles. The number of nitrogens with zero attached hydrogens (tertiary/aromatic N) is 5. The van der Waals surface area contributed by atoms with Crippen molar-refractivity contribution in [2.45, 2.75) is 30.6 Å². The molecule has 0 bridgehead atoms. The molecule has 3 rings (SSSR count). The molecule has 1 fully saturated rings. The molecule has 0 radical (unpaired) electrons. The molecule has 1 unspecified atom stereocenters. The zero-order valence-corrected chi connectivity index (χ0v) is 14.1. The third-order valence-corrected chi connectivity index (χ3v) is 5.04. The number of rotatable bonds is 6. The molecular formula is C15H22N6OS. The monoisotopic (exact) mass is 334 g/mol. The average molecular weight is 334 g/mol. The Morgan fingerprint density at radius 2 is 2.35 bits per heavy atom. The molecule has 23 heavy (non-hydrogen) atoms. The lowest BCUT2D eigenvalue weighted by atomic mass is 10.2. The molecule has 7 nitrogen and oxygen atoms in total. The van der Waals surface area contributed by atoms with Crippen molar-refractivity contribution < 1.29 is 4.79 Å². The number of nitrogens with one attached hydrogen (secondary N) is 1. The van der Waals surface area contributed by atoms with E-state index in [0.29, 0.717) is 6.54 Å². The van der Waals surface area contributed by atoms with Crippen molar-refractivity contribution in [3.05, 3.63) is 30.9 Å². The highest BCUT2D eigenvalue weighted by Gasteiger charge is 2.28. The third-order valence-electron chi connectivity index (χ3n) is 3.98. The summed E-state index contributed by atoms with van der Waals surface area (Å²) in [6.07, 6.45) is 9.51. The van der Waals surface area contributed by atoms with Gasteiger partial charge >= 0.3 is 6.03 Å². The van der Waals surface area contributed by atoms with E-state index >= 15 is 0 Å². The zero-order valence-electron chi connectivity index (χ0n) is 13.3. The molecule has 2 aromatic rings. The number of hydrogen-bond donors (Lipinski definition) is 1. The van der Waals surface area contributed by atoms with E-state index in [9.17, 15) is 4.79 Å². The molecule has 0 aromatic carbocycles. The minimum absolute atomic E-state index is 0.0279. The first kappa shape index (κ1) is 15.9. The van der Waals surface area contributed by atoms with Crippen LogP contribution in [0.1, 0.15) is 12.8 Å². The van der Waals surface area contributed by atoms with Gasteiger partial charge in [0.25, 0.3) is 0 Å². The molecule has 1 aliphatic heterocycles. The highest BCUT2D eigenvalue weighted by molar-refractivity contribution is 7.99. The summed E-state index contributed by atoms with van der Waals surface area (Å²) in [5.41, 5.74) is 0. The van der Waals surface area contributed by atoms with Crippen molar-refractivity contribution in [2.75, 3.05) is 18.8 Å². The van der Waals surface area contributed by atoms with Gasteiger partial charge in [-0.25, -0.2) is 9.78 Å². The van der Waals surface area contributed by atoms with E-state index in [0.717, 1.165) is 36.8 Å². The number of thioether (sulfide) groups is 1. The van der Waals surface area contributed by atoms with E-state index in [1.165, 1.54) is 0 Å². The van der Waals surface area contributed by atoms with Gasteiger partial charge in [0.15, 0.2) is 5.16 Å². The molecule has 1 aliphatic rings. The number of carbonyl (C=O) groups excluding carboxylic acids is 1. The van der Waals surface area contributed by atoms with Crippen molar-refractivity contribution in [1.82, 2.24) is 29.5 Å². The van der Waals surface area contributed by atoms with E-state index in [1.807, 2.05) is 39.7 Å². The standard InChI is InChI=1S/C15H22N6OS/c1-19-10-6-17-15(19)23-11-7-16-14(22)21-9-2-4-13(21)12-20-8-3-5-18-20/h3,5-6,8,10,13H,2,4,7,9,11-12H2,1H3,(H,16,22). The molecule has 8 heteroatoms. The maximum atomic E-state index is 12.4. The second-order valence-electron chi connectivity index (χ2n) is 5.62. The number of aryl methyl sites for hydroxylation is 1. The van der Waals surface area contributed by atoms with E-state index < -0.39 is 0 Å². The Hall–Kier alpha value is -1.96. The van der Waals surface area contributed by atoms with Gasteiger partial charge in [0.1, 0.15) is 0 Å². The second kappa shape index (κ2) is 7.54. The van der Waals surface area contributed by atoms with Crippen LogP contribution in [-0.2, 0) is 13.6 Å². The number of carbonyl (C=O) groups is 1. The van der Waals surface area contributed by atoms with Crippen LogP contribution in [0.5, 0.6) is 0 Å². The average Bonchev–Trinajstić information content (AvgIpc) is 3.27. The van der Waals surface area contributed by atoms with Crippen LogP contribution in [0.2, 0.25) is 0 Å². The molecule has 3 heterocycles. The number of amides is 2. The Kier molecular flexibility index (Phi) is 5.22. The predicted molar refractivity (Wildman–Crippen MR) is 89.3 cm³/mol. The lowest BCUT2D eigenvalue weighted by Gasteiger charge is -2.25. The second-order valence-corrected chi connectivity index (χ2v) is 6.68. The summed E-state index contributed by atoms with van der Waals surface area (Å²) in [5, 5.41) is 8.22. The molecule has 1 saturated heterocycles. The fourth-order valence-corrected chi connectivity index (χ4v) is 3.60. The molecule has 1 N–H and O–H groups in total. The highest BCUT2D eigenvalue weighted by atomic mass is 32.2. The number of urea groups is 1. The van der Waals surface area contributed by atoms with Crippen molar-refractivity contribution in [3.8, 4) is 0 Å². The van der Waals surface area contributed by atoms with E-state index in [-0.39, 0.29) is 12.1 Å². The maximum Gasteiger partial charge on any atom is 0.317 e. The van der Waals surface area contributed by atoms with Crippen LogP contribution in [0.25, 0.3) is 0 Å². The topological polar surface area (TPSA) is 68.0 Å². The molecular weight excluding hydrogens is 312 g/mol. The van der Waals surface area contributed by atoms with Crippen LogP contribution >= 0.6 is 11.8 Å². The summed E-state index contributed by atoms with van der Waals surface area (Å²) in [6.45, 7) is 2.23. The molecule has 2 aromatic heterocycles. The maximum absolute atomic E-state index is 12.4. The molecule has 0 spiro atoms. The highest BCUT2D eigenvalue weighted by Crippen LogP contribution is 2.19. The third kappa shape index (κ3) is 4.07. The Bertz CT molecular complexity index is 626. The van der Waals surface area contributed by atoms with Gasteiger partial charge in [0.05, 0.1) is 12.6 Å². The Morgan fingerprint density at radius 3 is 3.09 bits per heavy atom. The summed E-state index contributed by atoms with van der Waals surface area (Å²) >= 11 is 1.65. The van der Waals surface area contributed by atoms with Gasteiger partial charge in [-0.3, -0.25) is 4.68 Å². The molecule has 1 atom stereocenters. The van der Waals surface area contributed by atoms with Crippen LogP contribution in [-0.4, -0.2) is 55.1 Å². The fourth-order valence-electron chi connectivity index (χ4n) is 2.81. The Morgan fingerprint density at radius 1 is 1.43 bits per heavy atom. The van der Waals surface area contributed by atoms with Crippen LogP contribution in [0.4, 0.5) is 4.79 Å². The first-order chi connectivity index (χ1) is 11.2. The SMILES string of the molecule is Cn1ccnc1SCCNC(=O)N1CCCC1Cn1cccn1. The van der Waals surface area contributed by atoms with E-state index in [1.54, 1.807) is 24.2 Å². The van der Waals surface area contributed by atoms with E-state index in [4.69, 9.17) is 0 Å². The van der Waals surface area contributed by atoms with Crippen LogP contribution in [0, 0.1) is 0 Å². The van der Waals surface area contributed by atoms with E-state index in [2.05, 4.69) is 15.4 Å². The lowest BCUT2D eigenvalue weighted by molar-refractivity contribution is 0.186. The van der Waals surface area contributed by atoms with Crippen LogP contribution in [0.3, 0.4) is 0 Å². The molecule has 2 amide bonds. The lowest BCUT2D eigenvalue weighted by Crippen LogP contribution is -2.45. The summed E-state index contributed by atoms with van der Waals surface area (Å²) in [6, 6.07) is 2.17. The van der Waals surface area contributed by atoms with Crippen molar-refractivity contribution in [3.63, 3.8) is 0 Å². The zero-order chi connectivity index (χ0) is 16.1. The number of likely N-dealkylation sites (tertiary alicyclic amines) is 1. The smallest absolute Gasteiger partial charge is 0.317 e. The quantitative estimate of drug-likeness (QED) is 0.643. The number of aromatic nitrogens is 4. The van der Waals surface area contributed by atoms with Crippen LogP contribution < -0.4 is 5.32 Å². The summed E-state index contributed by atoms with van der Waals surface area (Å²) in [5.74, 6) is 0.814. The summed E-state index contributed by atoms with van der Waals surface area (Å²) in [7, 11) is 1.97. The molecule has 124 valence electrons.